The van der Waals surface area contributed by atoms with E-state index in [1.165, 1.54) is 0 Å². The van der Waals surface area contributed by atoms with Crippen LogP contribution in [0.3, 0.4) is 0 Å². The third-order valence-corrected chi connectivity index (χ3v) is 7.45. The Morgan fingerprint density at radius 3 is 2.24 bits per heavy atom. The number of carbonyl (C=O) groups is 1. The maximum Gasteiger partial charge on any atom is 0.307 e. The van der Waals surface area contributed by atoms with Crippen molar-refractivity contribution in [2.24, 2.45) is 35.5 Å². The van der Waals surface area contributed by atoms with Crippen LogP contribution in [0.5, 0.6) is 0 Å². The average molecular weight is 417 g/mol. The number of rotatable bonds is 3. The van der Waals surface area contributed by atoms with Crippen LogP contribution in [0.2, 0.25) is 5.02 Å². The summed E-state index contributed by atoms with van der Waals surface area (Å²) in [6.07, 6.45) is 3.91. The minimum Gasteiger partial charge on any atom is -0.481 e. The van der Waals surface area contributed by atoms with Gasteiger partial charge in [0.1, 0.15) is 0 Å². The van der Waals surface area contributed by atoms with E-state index < -0.39 is 5.97 Å². The topological polar surface area (TPSA) is 96.5 Å². The van der Waals surface area contributed by atoms with Crippen molar-refractivity contribution in [2.75, 3.05) is 0 Å². The number of aliphatic carboxylic acids is 1. The Bertz CT molecular complexity index is 890. The summed E-state index contributed by atoms with van der Waals surface area (Å²) in [5, 5.41) is 27.1. The number of nitrogens with zero attached hydrogens (tertiary/aromatic N) is 2. The maximum absolute atomic E-state index is 10.5. The standard InChI is InChI=1S/C14H13ClN2O2.C8H12O2/c15-8-3-1-7(2-4-8)13-16-17-14(19-13)12-10-5-9(18)6-11(10)12;1-4-2-5-6(3-4)7(5)8(9)10/h1-4,9-12,18H,5-6H2;4-7H,2-3H2,1H3,(H,9,10). The summed E-state index contributed by atoms with van der Waals surface area (Å²) < 4.78 is 5.76. The second-order valence-electron chi connectivity index (χ2n) is 9.20. The molecule has 1 aromatic heterocycles. The van der Waals surface area contributed by atoms with E-state index in [1.807, 2.05) is 24.3 Å². The zero-order valence-electron chi connectivity index (χ0n) is 16.2. The van der Waals surface area contributed by atoms with Crippen molar-refractivity contribution in [3.05, 3.63) is 35.2 Å². The molecule has 2 aromatic rings. The highest BCUT2D eigenvalue weighted by Crippen LogP contribution is 2.63. The quantitative estimate of drug-likeness (QED) is 0.776. The van der Waals surface area contributed by atoms with E-state index in [0.29, 0.717) is 46.4 Å². The largest absolute Gasteiger partial charge is 0.481 e. The first-order valence-electron chi connectivity index (χ1n) is 10.4. The molecule has 4 aliphatic carbocycles. The number of hydrogen-bond acceptors (Lipinski definition) is 5. The van der Waals surface area contributed by atoms with Gasteiger partial charge in [-0.25, -0.2) is 0 Å². The Balaban J connectivity index is 0.000000153. The maximum atomic E-state index is 10.5. The van der Waals surface area contributed by atoms with Gasteiger partial charge in [0.15, 0.2) is 0 Å². The number of benzene rings is 1. The molecule has 154 valence electrons. The summed E-state index contributed by atoms with van der Waals surface area (Å²) >= 11 is 5.85. The van der Waals surface area contributed by atoms with Crippen molar-refractivity contribution in [1.82, 2.24) is 10.2 Å². The van der Waals surface area contributed by atoms with Gasteiger partial charge in [0.2, 0.25) is 11.8 Å². The number of halogens is 1. The van der Waals surface area contributed by atoms with Crippen LogP contribution in [0, 0.1) is 35.5 Å². The molecule has 4 atom stereocenters. The number of aliphatic hydroxyl groups is 1. The van der Waals surface area contributed by atoms with Crippen LogP contribution < -0.4 is 0 Å². The summed E-state index contributed by atoms with van der Waals surface area (Å²) in [6, 6.07) is 7.36. The fraction of sp³-hybridized carbons (Fsp3) is 0.591. The summed E-state index contributed by atoms with van der Waals surface area (Å²) in [5.41, 5.74) is 0.883. The minimum absolute atomic E-state index is 0.0381. The average Bonchev–Trinajstić information content (AvgIpc) is 3.25. The van der Waals surface area contributed by atoms with Crippen LogP contribution in [-0.2, 0) is 4.79 Å². The molecule has 6 rings (SSSR count). The highest BCUT2D eigenvalue weighted by Gasteiger charge is 2.59. The molecule has 0 amide bonds. The van der Waals surface area contributed by atoms with E-state index in [1.54, 1.807) is 0 Å². The SMILES string of the molecule is CC1CC2C(C1)C2C(=O)O.OC1CC2C(C1)C2c1nnc(-c2ccc(Cl)cc2)o1. The lowest BCUT2D eigenvalue weighted by atomic mass is 10.0. The lowest BCUT2D eigenvalue weighted by Crippen LogP contribution is -2.05. The number of carboxylic acids is 1. The molecule has 0 saturated heterocycles. The first-order chi connectivity index (χ1) is 13.9. The van der Waals surface area contributed by atoms with Crippen molar-refractivity contribution < 1.29 is 19.4 Å². The number of aromatic nitrogens is 2. The first kappa shape index (κ1) is 19.1. The van der Waals surface area contributed by atoms with Gasteiger partial charge in [-0.05, 0) is 79.5 Å². The fourth-order valence-corrected chi connectivity index (χ4v) is 5.86. The van der Waals surface area contributed by atoms with Crippen LogP contribution in [0.25, 0.3) is 11.5 Å². The molecule has 0 bridgehead atoms. The summed E-state index contributed by atoms with van der Waals surface area (Å²) in [7, 11) is 0. The Labute approximate surface area is 174 Å². The van der Waals surface area contributed by atoms with Crippen LogP contribution in [0.15, 0.2) is 28.7 Å². The van der Waals surface area contributed by atoms with Crippen LogP contribution >= 0.6 is 11.6 Å². The van der Waals surface area contributed by atoms with Gasteiger partial charge in [0, 0.05) is 16.5 Å². The fourth-order valence-electron chi connectivity index (χ4n) is 5.74. The van der Waals surface area contributed by atoms with Crippen molar-refractivity contribution >= 4 is 17.6 Å². The molecule has 4 unspecified atom stereocenters. The summed E-state index contributed by atoms with van der Waals surface area (Å²) in [5.74, 6) is 4.03. The van der Waals surface area contributed by atoms with Gasteiger partial charge in [-0.2, -0.15) is 0 Å². The number of aliphatic hydroxyl groups excluding tert-OH is 1. The number of hydrogen-bond donors (Lipinski definition) is 2. The molecule has 29 heavy (non-hydrogen) atoms. The van der Waals surface area contributed by atoms with Crippen molar-refractivity contribution in [3.8, 4) is 11.5 Å². The smallest absolute Gasteiger partial charge is 0.307 e. The summed E-state index contributed by atoms with van der Waals surface area (Å²) in [4.78, 5) is 10.5. The lowest BCUT2D eigenvalue weighted by Gasteiger charge is -2.04. The molecule has 6 nitrogen and oxygen atoms in total. The monoisotopic (exact) mass is 416 g/mol. The molecule has 1 heterocycles. The van der Waals surface area contributed by atoms with Crippen molar-refractivity contribution in [1.29, 1.82) is 0 Å². The van der Waals surface area contributed by atoms with Crippen molar-refractivity contribution in [2.45, 2.75) is 44.6 Å². The van der Waals surface area contributed by atoms with Crippen LogP contribution in [0.4, 0.5) is 0 Å². The van der Waals surface area contributed by atoms with Gasteiger partial charge in [0.25, 0.3) is 0 Å². The van der Waals surface area contributed by atoms with Gasteiger partial charge < -0.3 is 14.6 Å². The van der Waals surface area contributed by atoms with Gasteiger partial charge in [-0.1, -0.05) is 18.5 Å². The Morgan fingerprint density at radius 2 is 1.66 bits per heavy atom. The molecule has 7 heteroatoms. The Hall–Kier alpha value is -1.92. The Morgan fingerprint density at radius 1 is 1.03 bits per heavy atom. The van der Waals surface area contributed by atoms with E-state index >= 15 is 0 Å². The third kappa shape index (κ3) is 3.57. The van der Waals surface area contributed by atoms with Crippen LogP contribution in [-0.4, -0.2) is 32.5 Å². The second kappa shape index (κ2) is 7.10. The molecule has 0 spiro atoms. The van der Waals surface area contributed by atoms with E-state index in [0.717, 1.165) is 37.2 Å². The van der Waals surface area contributed by atoms with E-state index in [2.05, 4.69) is 17.1 Å². The Kier molecular flexibility index (Phi) is 4.67. The van der Waals surface area contributed by atoms with E-state index in [4.69, 9.17) is 21.1 Å². The minimum atomic E-state index is -0.568. The van der Waals surface area contributed by atoms with Gasteiger partial charge in [-0.3, -0.25) is 4.79 Å². The normalized spacial score (nSPS) is 38.6. The third-order valence-electron chi connectivity index (χ3n) is 7.20. The zero-order valence-corrected chi connectivity index (χ0v) is 17.0. The predicted octanol–water partition coefficient (Wildman–Crippen LogP) is 4.24. The molecule has 0 radical (unpaired) electrons. The number of carboxylic acid groups (broad SMARTS) is 1. The molecule has 4 saturated carbocycles. The van der Waals surface area contributed by atoms with E-state index in [-0.39, 0.29) is 12.0 Å². The second-order valence-corrected chi connectivity index (χ2v) is 9.64. The molecule has 1 aromatic carbocycles. The van der Waals surface area contributed by atoms with Gasteiger partial charge in [0.05, 0.1) is 12.0 Å². The van der Waals surface area contributed by atoms with Gasteiger partial charge >= 0.3 is 5.97 Å². The highest BCUT2D eigenvalue weighted by molar-refractivity contribution is 6.30. The van der Waals surface area contributed by atoms with Crippen molar-refractivity contribution in [3.63, 3.8) is 0 Å². The van der Waals surface area contributed by atoms with E-state index in [9.17, 15) is 9.90 Å². The molecular formula is C22H25ClN2O4. The van der Waals surface area contributed by atoms with Gasteiger partial charge in [-0.15, -0.1) is 10.2 Å². The molecular weight excluding hydrogens is 392 g/mol. The summed E-state index contributed by atoms with van der Waals surface area (Å²) in [6.45, 7) is 2.21. The lowest BCUT2D eigenvalue weighted by molar-refractivity contribution is -0.139. The molecule has 4 fully saturated rings. The number of fused-ring (bicyclic) bond motifs is 2. The predicted molar refractivity (Wildman–Crippen MR) is 106 cm³/mol. The zero-order chi connectivity index (χ0) is 20.3. The molecule has 2 N–H and O–H groups in total. The first-order valence-corrected chi connectivity index (χ1v) is 10.8. The molecule has 0 aliphatic heterocycles. The van der Waals surface area contributed by atoms with Crippen LogP contribution in [0.1, 0.15) is 44.4 Å². The highest BCUT2D eigenvalue weighted by atomic mass is 35.5. The molecule has 4 aliphatic rings.